The second kappa shape index (κ2) is 9.61. The van der Waals surface area contributed by atoms with Gasteiger partial charge in [-0.1, -0.05) is 60.7 Å². The number of carbonyl (C=O) groups is 1. The molecule has 4 aromatic rings. The molecule has 3 heterocycles. The molecule has 2 aromatic heterocycles. The zero-order valence-electron chi connectivity index (χ0n) is 19.5. The van der Waals surface area contributed by atoms with Crippen LogP contribution >= 0.6 is 0 Å². The quantitative estimate of drug-likeness (QED) is 0.482. The Morgan fingerprint density at radius 3 is 2.15 bits per heavy atom. The minimum atomic E-state index is -0.235. The van der Waals surface area contributed by atoms with Crippen LogP contribution in [0.25, 0.3) is 11.0 Å². The van der Waals surface area contributed by atoms with E-state index in [1.54, 1.807) is 11.0 Å². The molecular formula is C26H29N7O. The molecule has 34 heavy (non-hydrogen) atoms. The van der Waals surface area contributed by atoms with Crippen LogP contribution in [-0.2, 0) is 11.8 Å². The summed E-state index contributed by atoms with van der Waals surface area (Å²) in [5.41, 5.74) is 2.97. The SMILES string of the molecule is C[C@H](C(=O)NC(c1ccccc1)c1ccccc1)N1CCN(c2ncnc3c2cnn3C)CC1. The van der Waals surface area contributed by atoms with Gasteiger partial charge in [0.15, 0.2) is 5.65 Å². The van der Waals surface area contributed by atoms with Gasteiger partial charge in [0, 0.05) is 33.2 Å². The van der Waals surface area contributed by atoms with Crippen LogP contribution in [0.4, 0.5) is 5.82 Å². The molecule has 0 saturated carbocycles. The van der Waals surface area contributed by atoms with Crippen LogP contribution in [0.3, 0.4) is 0 Å². The highest BCUT2D eigenvalue weighted by Gasteiger charge is 2.29. The molecule has 0 unspecified atom stereocenters. The number of anilines is 1. The fourth-order valence-electron chi connectivity index (χ4n) is 4.60. The number of benzene rings is 2. The second-order valence-electron chi connectivity index (χ2n) is 8.66. The Morgan fingerprint density at radius 2 is 1.53 bits per heavy atom. The fraction of sp³-hybridized carbons (Fsp3) is 0.308. The number of amides is 1. The Kier molecular flexibility index (Phi) is 6.22. The van der Waals surface area contributed by atoms with Gasteiger partial charge in [-0.25, -0.2) is 9.97 Å². The maximum atomic E-state index is 13.3. The summed E-state index contributed by atoms with van der Waals surface area (Å²) in [5.74, 6) is 0.936. The first-order valence-electron chi connectivity index (χ1n) is 11.6. The van der Waals surface area contributed by atoms with E-state index < -0.39 is 0 Å². The highest BCUT2D eigenvalue weighted by molar-refractivity contribution is 5.86. The number of piperazine rings is 1. The van der Waals surface area contributed by atoms with Crippen molar-refractivity contribution in [3.8, 4) is 0 Å². The van der Waals surface area contributed by atoms with Crippen LogP contribution in [0.15, 0.2) is 73.2 Å². The standard InChI is InChI=1S/C26H29N7O/c1-19(26(34)30-23(20-9-5-3-6-10-20)21-11-7-4-8-12-21)32-13-15-33(16-14-32)25-22-17-29-31(2)24(22)27-18-28-25/h3-12,17-19,23H,13-16H2,1-2H3,(H,30,34)/t19-/m1/s1. The first-order chi connectivity index (χ1) is 16.6. The lowest BCUT2D eigenvalue weighted by Gasteiger charge is -2.38. The number of hydrogen-bond donors (Lipinski definition) is 1. The minimum absolute atomic E-state index is 0.0304. The van der Waals surface area contributed by atoms with Crippen molar-refractivity contribution in [1.82, 2.24) is 30.0 Å². The predicted octanol–water partition coefficient (Wildman–Crippen LogP) is 2.78. The Hall–Kier alpha value is -3.78. The number of nitrogens with zero attached hydrogens (tertiary/aromatic N) is 6. The average molecular weight is 456 g/mol. The summed E-state index contributed by atoms with van der Waals surface area (Å²) in [5, 5.41) is 8.57. The van der Waals surface area contributed by atoms with Crippen molar-refractivity contribution in [3.63, 3.8) is 0 Å². The van der Waals surface area contributed by atoms with Crippen molar-refractivity contribution in [2.24, 2.45) is 7.05 Å². The molecule has 1 atom stereocenters. The Bertz CT molecular complexity index is 1210. The molecule has 0 bridgehead atoms. The Morgan fingerprint density at radius 1 is 0.912 bits per heavy atom. The average Bonchev–Trinajstić information content (AvgIpc) is 3.28. The van der Waals surface area contributed by atoms with Crippen molar-refractivity contribution in [2.45, 2.75) is 19.0 Å². The molecule has 1 fully saturated rings. The molecule has 8 heteroatoms. The summed E-state index contributed by atoms with van der Waals surface area (Å²) in [6, 6.07) is 19.8. The van der Waals surface area contributed by atoms with Crippen LogP contribution in [-0.4, -0.2) is 62.8 Å². The Labute approximate surface area is 199 Å². The third-order valence-electron chi connectivity index (χ3n) is 6.60. The van der Waals surface area contributed by atoms with Crippen molar-refractivity contribution < 1.29 is 4.79 Å². The maximum Gasteiger partial charge on any atom is 0.237 e. The molecule has 0 spiro atoms. The van der Waals surface area contributed by atoms with E-state index in [0.29, 0.717) is 0 Å². The van der Waals surface area contributed by atoms with Gasteiger partial charge in [0.2, 0.25) is 5.91 Å². The van der Waals surface area contributed by atoms with Gasteiger partial charge in [-0.2, -0.15) is 5.10 Å². The first-order valence-corrected chi connectivity index (χ1v) is 11.6. The minimum Gasteiger partial charge on any atom is -0.353 e. The predicted molar refractivity (Wildman–Crippen MR) is 132 cm³/mol. The van der Waals surface area contributed by atoms with Gasteiger partial charge in [-0.15, -0.1) is 0 Å². The topological polar surface area (TPSA) is 79.2 Å². The largest absolute Gasteiger partial charge is 0.353 e. The molecule has 0 radical (unpaired) electrons. The van der Waals surface area contributed by atoms with Crippen molar-refractivity contribution in [3.05, 3.63) is 84.3 Å². The third kappa shape index (κ3) is 4.36. The van der Waals surface area contributed by atoms with Crippen LogP contribution < -0.4 is 10.2 Å². The van der Waals surface area contributed by atoms with Gasteiger partial charge in [0.1, 0.15) is 12.1 Å². The zero-order chi connectivity index (χ0) is 23.5. The summed E-state index contributed by atoms with van der Waals surface area (Å²) in [7, 11) is 1.88. The van der Waals surface area contributed by atoms with E-state index in [9.17, 15) is 4.79 Å². The third-order valence-corrected chi connectivity index (χ3v) is 6.60. The normalized spacial score (nSPS) is 15.6. The van der Waals surface area contributed by atoms with Gasteiger partial charge in [0.05, 0.1) is 23.7 Å². The number of rotatable bonds is 6. The summed E-state index contributed by atoms with van der Waals surface area (Å²) in [4.78, 5) is 26.7. The molecule has 8 nitrogen and oxygen atoms in total. The van der Waals surface area contributed by atoms with E-state index in [1.807, 2.05) is 56.6 Å². The van der Waals surface area contributed by atoms with E-state index in [-0.39, 0.29) is 18.0 Å². The molecule has 0 aliphatic carbocycles. The van der Waals surface area contributed by atoms with Crippen LogP contribution in [0, 0.1) is 0 Å². The van der Waals surface area contributed by atoms with Gasteiger partial charge < -0.3 is 10.2 Å². The van der Waals surface area contributed by atoms with Crippen molar-refractivity contribution in [1.29, 1.82) is 0 Å². The maximum absolute atomic E-state index is 13.3. The first kappa shape index (κ1) is 22.0. The summed E-state index contributed by atoms with van der Waals surface area (Å²) < 4.78 is 1.76. The highest BCUT2D eigenvalue weighted by Crippen LogP contribution is 2.25. The monoisotopic (exact) mass is 455 g/mol. The van der Waals surface area contributed by atoms with E-state index in [2.05, 4.69) is 54.4 Å². The number of fused-ring (bicyclic) bond motifs is 1. The molecule has 1 saturated heterocycles. The lowest BCUT2D eigenvalue weighted by molar-refractivity contribution is -0.126. The van der Waals surface area contributed by atoms with E-state index in [4.69, 9.17) is 0 Å². The van der Waals surface area contributed by atoms with Gasteiger partial charge in [0.25, 0.3) is 0 Å². The van der Waals surface area contributed by atoms with Crippen LogP contribution in [0.2, 0.25) is 0 Å². The summed E-state index contributed by atoms with van der Waals surface area (Å²) in [6.45, 7) is 5.13. The van der Waals surface area contributed by atoms with Gasteiger partial charge in [-0.05, 0) is 18.1 Å². The number of aromatic nitrogens is 4. The molecule has 1 amide bonds. The molecule has 1 aliphatic heterocycles. The highest BCUT2D eigenvalue weighted by atomic mass is 16.2. The van der Waals surface area contributed by atoms with Crippen molar-refractivity contribution in [2.75, 3.05) is 31.1 Å². The Balaban J connectivity index is 1.26. The van der Waals surface area contributed by atoms with Crippen LogP contribution in [0.5, 0.6) is 0 Å². The summed E-state index contributed by atoms with van der Waals surface area (Å²) >= 11 is 0. The fourth-order valence-corrected chi connectivity index (χ4v) is 4.60. The summed E-state index contributed by atoms with van der Waals surface area (Å²) in [6.07, 6.45) is 3.41. The molecule has 1 N–H and O–H groups in total. The van der Waals surface area contributed by atoms with Crippen molar-refractivity contribution >= 4 is 22.8 Å². The van der Waals surface area contributed by atoms with E-state index >= 15 is 0 Å². The number of hydrogen-bond acceptors (Lipinski definition) is 6. The smallest absolute Gasteiger partial charge is 0.237 e. The van der Waals surface area contributed by atoms with Crippen LogP contribution in [0.1, 0.15) is 24.1 Å². The molecule has 174 valence electrons. The number of nitrogens with one attached hydrogen (secondary N) is 1. The zero-order valence-corrected chi connectivity index (χ0v) is 19.5. The molecule has 1 aliphatic rings. The van der Waals surface area contributed by atoms with Gasteiger partial charge in [-0.3, -0.25) is 14.4 Å². The second-order valence-corrected chi connectivity index (χ2v) is 8.66. The lowest BCUT2D eigenvalue weighted by atomic mass is 9.98. The van der Waals surface area contributed by atoms with E-state index in [0.717, 1.165) is 54.2 Å². The number of aryl methyl sites for hydroxylation is 1. The lowest BCUT2D eigenvalue weighted by Crippen LogP contribution is -2.54. The molecular weight excluding hydrogens is 426 g/mol. The molecule has 5 rings (SSSR count). The van der Waals surface area contributed by atoms with Gasteiger partial charge >= 0.3 is 0 Å². The molecule has 2 aromatic carbocycles. The van der Waals surface area contributed by atoms with E-state index in [1.165, 1.54) is 0 Å². The number of carbonyl (C=O) groups excluding carboxylic acids is 1.